The Bertz CT molecular complexity index is 691. The van der Waals surface area contributed by atoms with E-state index in [0.29, 0.717) is 0 Å². The molecular formula is C20H28N4O. The summed E-state index contributed by atoms with van der Waals surface area (Å²) in [6.07, 6.45) is 2.81. The molecule has 5 nitrogen and oxygen atoms in total. The van der Waals surface area contributed by atoms with Crippen molar-refractivity contribution in [3.05, 3.63) is 54.0 Å². The van der Waals surface area contributed by atoms with Gasteiger partial charge in [0.15, 0.2) is 5.96 Å². The maximum Gasteiger partial charge on any atom is 0.198 e. The normalized spacial score (nSPS) is 15.5. The van der Waals surface area contributed by atoms with Crippen LogP contribution in [0.15, 0.2) is 52.1 Å². The summed E-state index contributed by atoms with van der Waals surface area (Å²) in [4.78, 5) is 9.19. The van der Waals surface area contributed by atoms with Gasteiger partial charge in [0.1, 0.15) is 5.76 Å². The van der Waals surface area contributed by atoms with Gasteiger partial charge in [-0.2, -0.15) is 0 Å². The number of guanidine groups is 1. The maximum atomic E-state index is 5.69. The summed E-state index contributed by atoms with van der Waals surface area (Å²) in [6.45, 7) is 8.07. The largest absolute Gasteiger partial charge is 0.468 e. The fraction of sp³-hybridized carbons (Fsp3) is 0.450. The number of likely N-dealkylation sites (N-methyl/N-ethyl adjacent to an activating group) is 1. The van der Waals surface area contributed by atoms with Crippen molar-refractivity contribution in [1.82, 2.24) is 10.2 Å². The Hall–Kier alpha value is -2.27. The quantitative estimate of drug-likeness (QED) is 0.647. The highest BCUT2D eigenvalue weighted by Gasteiger charge is 2.25. The Morgan fingerprint density at radius 3 is 2.72 bits per heavy atom. The zero-order valence-electron chi connectivity index (χ0n) is 15.4. The van der Waals surface area contributed by atoms with Crippen LogP contribution in [0.5, 0.6) is 0 Å². The molecule has 1 aliphatic heterocycles. The number of anilines is 1. The monoisotopic (exact) mass is 340 g/mol. The lowest BCUT2D eigenvalue weighted by Crippen LogP contribution is -2.45. The van der Waals surface area contributed by atoms with Crippen molar-refractivity contribution in [2.75, 3.05) is 38.1 Å². The minimum atomic E-state index is 0.194. The molecule has 0 spiro atoms. The van der Waals surface area contributed by atoms with Crippen LogP contribution in [0.4, 0.5) is 5.69 Å². The van der Waals surface area contributed by atoms with Gasteiger partial charge in [-0.1, -0.05) is 32.0 Å². The second kappa shape index (κ2) is 8.21. The number of nitrogens with one attached hydrogen (secondary N) is 1. The Morgan fingerprint density at radius 2 is 2.04 bits per heavy atom. The smallest absolute Gasteiger partial charge is 0.198 e. The number of benzene rings is 1. The number of fused-ring (bicyclic) bond motifs is 1. The van der Waals surface area contributed by atoms with Crippen LogP contribution < -0.4 is 10.2 Å². The topological polar surface area (TPSA) is 44.0 Å². The molecule has 25 heavy (non-hydrogen) atoms. The van der Waals surface area contributed by atoms with Crippen LogP contribution in [0.25, 0.3) is 0 Å². The van der Waals surface area contributed by atoms with Gasteiger partial charge in [0.05, 0.1) is 12.3 Å². The van der Waals surface area contributed by atoms with Gasteiger partial charge in [0.25, 0.3) is 0 Å². The molecule has 0 fully saturated rings. The first kappa shape index (κ1) is 17.5. The predicted octanol–water partition coefficient (Wildman–Crippen LogP) is 3.30. The average molecular weight is 340 g/mol. The van der Waals surface area contributed by atoms with E-state index in [9.17, 15) is 0 Å². The zero-order valence-corrected chi connectivity index (χ0v) is 15.4. The van der Waals surface area contributed by atoms with Crippen LogP contribution >= 0.6 is 0 Å². The molecule has 1 atom stereocenters. The Kier molecular flexibility index (Phi) is 5.76. The number of nitrogens with zero attached hydrogens (tertiary/aromatic N) is 3. The number of furan rings is 1. The molecule has 1 N–H and O–H groups in total. The van der Waals surface area contributed by atoms with Crippen molar-refractivity contribution in [3.8, 4) is 0 Å². The van der Waals surface area contributed by atoms with Crippen molar-refractivity contribution in [2.45, 2.75) is 26.3 Å². The summed E-state index contributed by atoms with van der Waals surface area (Å²) >= 11 is 0. The second-order valence-electron chi connectivity index (χ2n) is 6.21. The summed E-state index contributed by atoms with van der Waals surface area (Å²) in [7, 11) is 1.85. The minimum Gasteiger partial charge on any atom is -0.468 e. The molecule has 1 aliphatic rings. The lowest BCUT2D eigenvalue weighted by Gasteiger charge is -2.30. The van der Waals surface area contributed by atoms with Crippen LogP contribution in [0.2, 0.25) is 0 Å². The van der Waals surface area contributed by atoms with Crippen molar-refractivity contribution < 1.29 is 4.42 Å². The van der Waals surface area contributed by atoms with E-state index in [1.165, 1.54) is 11.3 Å². The molecular weight excluding hydrogens is 312 g/mol. The molecule has 5 heteroatoms. The first-order chi connectivity index (χ1) is 12.3. The first-order valence-electron chi connectivity index (χ1n) is 9.12. The SMILES string of the molecule is CCN(CC)C(CNC(=NC)N1CCc2ccccc21)c1ccco1. The van der Waals surface area contributed by atoms with Crippen molar-refractivity contribution in [3.63, 3.8) is 0 Å². The molecule has 1 aromatic carbocycles. The van der Waals surface area contributed by atoms with Gasteiger partial charge in [-0.3, -0.25) is 9.89 Å². The second-order valence-corrected chi connectivity index (χ2v) is 6.21. The van der Waals surface area contributed by atoms with E-state index in [0.717, 1.165) is 44.3 Å². The van der Waals surface area contributed by atoms with E-state index in [1.54, 1.807) is 6.26 Å². The van der Waals surface area contributed by atoms with Gasteiger partial charge in [-0.05, 0) is 43.3 Å². The van der Waals surface area contributed by atoms with Crippen LogP contribution in [-0.4, -0.2) is 44.1 Å². The summed E-state index contributed by atoms with van der Waals surface area (Å²) in [5.74, 6) is 1.92. The highest BCUT2D eigenvalue weighted by Crippen LogP contribution is 2.27. The third-order valence-corrected chi connectivity index (χ3v) is 4.93. The molecule has 1 unspecified atom stereocenters. The van der Waals surface area contributed by atoms with E-state index in [4.69, 9.17) is 4.42 Å². The van der Waals surface area contributed by atoms with Gasteiger partial charge in [0, 0.05) is 25.8 Å². The number of hydrogen-bond acceptors (Lipinski definition) is 3. The van der Waals surface area contributed by atoms with E-state index < -0.39 is 0 Å². The maximum absolute atomic E-state index is 5.69. The Labute approximate surface area is 150 Å². The molecule has 1 aromatic heterocycles. The molecule has 0 saturated carbocycles. The lowest BCUT2D eigenvalue weighted by atomic mass is 10.2. The van der Waals surface area contributed by atoms with Crippen LogP contribution in [-0.2, 0) is 6.42 Å². The number of hydrogen-bond donors (Lipinski definition) is 1. The van der Waals surface area contributed by atoms with Crippen molar-refractivity contribution in [2.24, 2.45) is 4.99 Å². The number of para-hydroxylation sites is 1. The Balaban J connectivity index is 1.73. The summed E-state index contributed by atoms with van der Waals surface area (Å²) in [6, 6.07) is 12.8. The molecule has 2 heterocycles. The molecule has 0 amide bonds. The molecule has 2 aromatic rings. The molecule has 0 bridgehead atoms. The fourth-order valence-corrected chi connectivity index (χ4v) is 3.60. The van der Waals surface area contributed by atoms with Crippen LogP contribution in [0, 0.1) is 0 Å². The first-order valence-corrected chi connectivity index (χ1v) is 9.12. The molecule has 3 rings (SSSR count). The fourth-order valence-electron chi connectivity index (χ4n) is 3.60. The predicted molar refractivity (Wildman–Crippen MR) is 103 cm³/mol. The lowest BCUT2D eigenvalue weighted by molar-refractivity contribution is 0.193. The van der Waals surface area contributed by atoms with E-state index in [2.05, 4.69) is 64.3 Å². The number of aliphatic imine (C=N–C) groups is 1. The standard InChI is InChI=1S/C20H28N4O/c1-4-23(5-2)18(19-11-8-14-25-19)15-22-20(21-3)24-13-12-16-9-6-7-10-17(16)24/h6-11,14,18H,4-5,12-13,15H2,1-3H3,(H,21,22). The molecule has 0 saturated heterocycles. The van der Waals surface area contributed by atoms with Crippen molar-refractivity contribution >= 4 is 11.6 Å². The Morgan fingerprint density at radius 1 is 1.24 bits per heavy atom. The molecule has 0 aliphatic carbocycles. The van der Waals surface area contributed by atoms with E-state index >= 15 is 0 Å². The zero-order chi connectivity index (χ0) is 17.6. The van der Waals surface area contributed by atoms with Gasteiger partial charge in [-0.25, -0.2) is 0 Å². The minimum absolute atomic E-state index is 0.194. The van der Waals surface area contributed by atoms with E-state index in [1.807, 2.05) is 13.1 Å². The molecule has 0 radical (unpaired) electrons. The van der Waals surface area contributed by atoms with Crippen LogP contribution in [0.3, 0.4) is 0 Å². The highest BCUT2D eigenvalue weighted by molar-refractivity contribution is 5.97. The van der Waals surface area contributed by atoms with Gasteiger partial charge >= 0.3 is 0 Å². The van der Waals surface area contributed by atoms with Gasteiger partial charge in [-0.15, -0.1) is 0 Å². The summed E-state index contributed by atoms with van der Waals surface area (Å²) < 4.78 is 5.69. The number of rotatable bonds is 6. The highest BCUT2D eigenvalue weighted by atomic mass is 16.3. The summed E-state index contributed by atoms with van der Waals surface area (Å²) in [5.41, 5.74) is 2.64. The third-order valence-electron chi connectivity index (χ3n) is 4.93. The van der Waals surface area contributed by atoms with Gasteiger partial charge < -0.3 is 14.6 Å². The third kappa shape index (κ3) is 3.71. The van der Waals surface area contributed by atoms with Gasteiger partial charge in [0.2, 0.25) is 0 Å². The van der Waals surface area contributed by atoms with Crippen molar-refractivity contribution in [1.29, 1.82) is 0 Å². The summed E-state index contributed by atoms with van der Waals surface area (Å²) in [5, 5.41) is 3.56. The van der Waals surface area contributed by atoms with E-state index in [-0.39, 0.29) is 6.04 Å². The average Bonchev–Trinajstić information content (AvgIpc) is 3.32. The molecule has 134 valence electrons. The van der Waals surface area contributed by atoms with Crippen LogP contribution in [0.1, 0.15) is 31.2 Å².